The van der Waals surface area contributed by atoms with Crippen LogP contribution in [0.25, 0.3) is 0 Å². The second-order valence-electron chi connectivity index (χ2n) is 2.60. The maximum atomic E-state index is 5.80. The highest BCUT2D eigenvalue weighted by molar-refractivity contribution is 7.16. The third kappa shape index (κ3) is 2.47. The molecule has 1 rings (SSSR count). The first-order chi connectivity index (χ1) is 5.24. The lowest BCUT2D eigenvalue weighted by molar-refractivity contribution is 0.687. The van der Waals surface area contributed by atoms with Crippen molar-refractivity contribution in [2.45, 2.75) is 12.8 Å². The molecule has 1 heterocycles. The number of halogens is 1. The van der Waals surface area contributed by atoms with Gasteiger partial charge in [0.05, 0.1) is 4.34 Å². The molecule has 0 aliphatic rings. The Morgan fingerprint density at radius 1 is 1.64 bits per heavy atom. The fourth-order valence-electron chi connectivity index (χ4n) is 1.000. The largest absolute Gasteiger partial charge is 0.319 e. The summed E-state index contributed by atoms with van der Waals surface area (Å²) >= 11 is 7.46. The number of hydrogen-bond acceptors (Lipinski definition) is 2. The van der Waals surface area contributed by atoms with Crippen LogP contribution in [0, 0.1) is 0 Å². The molecule has 0 fully saturated rings. The minimum absolute atomic E-state index is 0.567. The van der Waals surface area contributed by atoms with Gasteiger partial charge in [-0.3, -0.25) is 0 Å². The number of thiophene rings is 1. The van der Waals surface area contributed by atoms with Crippen molar-refractivity contribution in [3.8, 4) is 0 Å². The monoisotopic (exact) mass is 189 g/mol. The van der Waals surface area contributed by atoms with Crippen molar-refractivity contribution in [3.05, 3.63) is 21.3 Å². The van der Waals surface area contributed by atoms with E-state index in [9.17, 15) is 0 Å². The number of likely N-dealkylation sites (N-methyl/N-ethyl adjacent to an activating group) is 1. The lowest BCUT2D eigenvalue weighted by Gasteiger charge is -2.06. The van der Waals surface area contributed by atoms with E-state index in [2.05, 4.69) is 18.3 Å². The predicted molar refractivity (Wildman–Crippen MR) is 51.7 cm³/mol. The molecule has 1 N–H and O–H groups in total. The molecule has 1 nitrogen and oxygen atoms in total. The predicted octanol–water partition coefficient (Wildman–Crippen LogP) is 2.72. The van der Waals surface area contributed by atoms with Crippen molar-refractivity contribution in [2.24, 2.45) is 0 Å². The van der Waals surface area contributed by atoms with Gasteiger partial charge in [-0.05, 0) is 19.2 Å². The molecule has 0 saturated carbocycles. The second-order valence-corrected chi connectivity index (χ2v) is 4.35. The summed E-state index contributed by atoms with van der Waals surface area (Å²) in [5, 5.41) is 3.14. The molecule has 3 heteroatoms. The highest BCUT2D eigenvalue weighted by Gasteiger charge is 2.05. The molecule has 0 bridgehead atoms. The smallest absolute Gasteiger partial charge is 0.0931 e. The van der Waals surface area contributed by atoms with Gasteiger partial charge in [-0.25, -0.2) is 0 Å². The maximum Gasteiger partial charge on any atom is 0.0931 e. The van der Waals surface area contributed by atoms with Crippen LogP contribution in [0.4, 0.5) is 0 Å². The van der Waals surface area contributed by atoms with E-state index < -0.39 is 0 Å². The fraction of sp³-hybridized carbons (Fsp3) is 0.500. The molecule has 1 atom stereocenters. The van der Waals surface area contributed by atoms with Crippen LogP contribution in [0.1, 0.15) is 17.7 Å². The number of nitrogens with one attached hydrogen (secondary N) is 1. The van der Waals surface area contributed by atoms with Crippen LogP contribution in [0.5, 0.6) is 0 Å². The summed E-state index contributed by atoms with van der Waals surface area (Å²) in [6.45, 7) is 3.20. The van der Waals surface area contributed by atoms with Crippen LogP contribution in [0.15, 0.2) is 12.1 Å². The van der Waals surface area contributed by atoms with Gasteiger partial charge in [0.2, 0.25) is 0 Å². The fourth-order valence-corrected chi connectivity index (χ4v) is 2.11. The summed E-state index contributed by atoms with van der Waals surface area (Å²) in [6, 6.07) is 4.04. The Balaban J connectivity index is 2.60. The summed E-state index contributed by atoms with van der Waals surface area (Å²) in [5.41, 5.74) is 0. The maximum absolute atomic E-state index is 5.80. The van der Waals surface area contributed by atoms with Gasteiger partial charge in [-0.15, -0.1) is 11.3 Å². The number of hydrogen-bond donors (Lipinski definition) is 1. The molecule has 62 valence electrons. The van der Waals surface area contributed by atoms with E-state index in [-0.39, 0.29) is 0 Å². The summed E-state index contributed by atoms with van der Waals surface area (Å²) in [4.78, 5) is 1.35. The quantitative estimate of drug-likeness (QED) is 0.771. The lowest BCUT2D eigenvalue weighted by Crippen LogP contribution is -2.13. The average molecular weight is 190 g/mol. The Morgan fingerprint density at radius 2 is 2.36 bits per heavy atom. The van der Waals surface area contributed by atoms with Crippen molar-refractivity contribution >= 4 is 22.9 Å². The van der Waals surface area contributed by atoms with Crippen molar-refractivity contribution < 1.29 is 0 Å². The van der Waals surface area contributed by atoms with Crippen molar-refractivity contribution in [2.75, 3.05) is 13.6 Å². The molecule has 0 aromatic carbocycles. The summed E-state index contributed by atoms with van der Waals surface area (Å²) < 4.78 is 0.878. The summed E-state index contributed by atoms with van der Waals surface area (Å²) in [5.74, 6) is 0.567. The van der Waals surface area contributed by atoms with Crippen LogP contribution >= 0.6 is 22.9 Å². The Hall–Kier alpha value is -0.0500. The van der Waals surface area contributed by atoms with Crippen LogP contribution in [-0.2, 0) is 0 Å². The van der Waals surface area contributed by atoms with Gasteiger partial charge in [0, 0.05) is 17.3 Å². The third-order valence-electron chi connectivity index (χ3n) is 1.59. The van der Waals surface area contributed by atoms with Gasteiger partial charge in [0.25, 0.3) is 0 Å². The normalized spacial score (nSPS) is 13.4. The molecule has 0 radical (unpaired) electrons. The van der Waals surface area contributed by atoms with Gasteiger partial charge in [0.1, 0.15) is 0 Å². The van der Waals surface area contributed by atoms with E-state index in [0.29, 0.717) is 5.92 Å². The molecule has 11 heavy (non-hydrogen) atoms. The highest BCUT2D eigenvalue weighted by atomic mass is 35.5. The van der Waals surface area contributed by atoms with E-state index in [1.807, 2.05) is 13.1 Å². The minimum atomic E-state index is 0.567. The van der Waals surface area contributed by atoms with Crippen LogP contribution in [0.3, 0.4) is 0 Å². The SMILES string of the molecule is CNCC(C)c1ccc(Cl)s1. The van der Waals surface area contributed by atoms with Gasteiger partial charge in [-0.1, -0.05) is 18.5 Å². The molecular formula is C8H12ClNS. The zero-order valence-corrected chi connectivity index (χ0v) is 8.30. The zero-order valence-electron chi connectivity index (χ0n) is 6.73. The Labute approximate surface area is 76.4 Å². The van der Waals surface area contributed by atoms with Gasteiger partial charge >= 0.3 is 0 Å². The molecular weight excluding hydrogens is 178 g/mol. The van der Waals surface area contributed by atoms with E-state index in [0.717, 1.165) is 10.9 Å². The average Bonchev–Trinajstić information content (AvgIpc) is 2.36. The summed E-state index contributed by atoms with van der Waals surface area (Å²) in [6.07, 6.45) is 0. The molecule has 1 unspecified atom stereocenters. The highest BCUT2D eigenvalue weighted by Crippen LogP contribution is 2.27. The Morgan fingerprint density at radius 3 is 2.82 bits per heavy atom. The van der Waals surface area contributed by atoms with Crippen molar-refractivity contribution in [1.82, 2.24) is 5.32 Å². The Kier molecular flexibility index (Phi) is 3.37. The first-order valence-electron chi connectivity index (χ1n) is 3.64. The van der Waals surface area contributed by atoms with Crippen LogP contribution < -0.4 is 5.32 Å². The van der Waals surface area contributed by atoms with Crippen LogP contribution in [-0.4, -0.2) is 13.6 Å². The Bertz CT molecular complexity index is 222. The molecule has 0 amide bonds. The summed E-state index contributed by atoms with van der Waals surface area (Å²) in [7, 11) is 1.96. The lowest BCUT2D eigenvalue weighted by atomic mass is 10.1. The van der Waals surface area contributed by atoms with Gasteiger partial charge in [-0.2, -0.15) is 0 Å². The molecule has 1 aromatic rings. The molecule has 0 saturated heterocycles. The zero-order chi connectivity index (χ0) is 8.27. The standard InChI is InChI=1S/C8H12ClNS/c1-6(5-10-2)7-3-4-8(9)11-7/h3-4,6,10H,5H2,1-2H3. The van der Waals surface area contributed by atoms with E-state index >= 15 is 0 Å². The molecule has 1 aromatic heterocycles. The van der Waals surface area contributed by atoms with Crippen molar-refractivity contribution in [1.29, 1.82) is 0 Å². The molecule has 0 aliphatic heterocycles. The minimum Gasteiger partial charge on any atom is -0.319 e. The topological polar surface area (TPSA) is 12.0 Å². The van der Waals surface area contributed by atoms with E-state index in [1.54, 1.807) is 11.3 Å². The first-order valence-corrected chi connectivity index (χ1v) is 4.83. The van der Waals surface area contributed by atoms with Gasteiger partial charge < -0.3 is 5.32 Å². The first kappa shape index (κ1) is 9.04. The number of rotatable bonds is 3. The van der Waals surface area contributed by atoms with E-state index in [1.165, 1.54) is 4.88 Å². The van der Waals surface area contributed by atoms with Gasteiger partial charge in [0.15, 0.2) is 0 Å². The molecule has 0 spiro atoms. The second kappa shape index (κ2) is 4.10. The third-order valence-corrected chi connectivity index (χ3v) is 3.05. The molecule has 0 aliphatic carbocycles. The van der Waals surface area contributed by atoms with Crippen LogP contribution in [0.2, 0.25) is 4.34 Å². The van der Waals surface area contributed by atoms with E-state index in [4.69, 9.17) is 11.6 Å². The van der Waals surface area contributed by atoms with Crippen molar-refractivity contribution in [3.63, 3.8) is 0 Å².